The van der Waals surface area contributed by atoms with E-state index in [1.54, 1.807) is 0 Å². The van der Waals surface area contributed by atoms with Gasteiger partial charge in [-0.2, -0.15) is 0 Å². The third-order valence-electron chi connectivity index (χ3n) is 1.68. The normalized spacial score (nSPS) is 9.88. The highest BCUT2D eigenvalue weighted by atomic mass is 35.5. The number of hydrogen-bond donors (Lipinski definition) is 1. The van der Waals surface area contributed by atoms with Gasteiger partial charge in [-0.25, -0.2) is 0 Å². The summed E-state index contributed by atoms with van der Waals surface area (Å²) in [5.41, 5.74) is 0.231. The van der Waals surface area contributed by atoms with Gasteiger partial charge in [-0.15, -0.1) is 0 Å². The quantitative estimate of drug-likeness (QED) is 0.872. The molecule has 0 aliphatic rings. The molecule has 17 heavy (non-hydrogen) atoms. The van der Waals surface area contributed by atoms with Crippen LogP contribution in [0.25, 0.3) is 0 Å². The lowest BCUT2D eigenvalue weighted by Crippen LogP contribution is -2.20. The topological polar surface area (TPSA) is 55.4 Å². The molecular formula is C10H8Cl3NO3. The van der Waals surface area contributed by atoms with Crippen molar-refractivity contribution in [3.8, 4) is 0 Å². The zero-order valence-electron chi connectivity index (χ0n) is 8.72. The number of hydrogen-bond acceptors (Lipinski definition) is 3. The smallest absolute Gasteiger partial charge is 0.303 e. The number of carbonyl (C=O) groups excluding carboxylic acids is 2. The second-order valence-electron chi connectivity index (χ2n) is 3.07. The predicted molar refractivity (Wildman–Crippen MR) is 66.7 cm³/mol. The molecule has 92 valence electrons. The molecule has 0 radical (unpaired) electrons. The zero-order chi connectivity index (χ0) is 13.0. The first kappa shape index (κ1) is 14.1. The van der Waals surface area contributed by atoms with Crippen molar-refractivity contribution in [2.75, 3.05) is 11.9 Å². The molecular weight excluding hydrogens is 288 g/mol. The van der Waals surface area contributed by atoms with Gasteiger partial charge in [0, 0.05) is 11.9 Å². The van der Waals surface area contributed by atoms with E-state index in [0.717, 1.165) is 0 Å². The van der Waals surface area contributed by atoms with Crippen LogP contribution in [-0.4, -0.2) is 18.5 Å². The Morgan fingerprint density at radius 3 is 2.24 bits per heavy atom. The third kappa shape index (κ3) is 4.42. The van der Waals surface area contributed by atoms with E-state index in [4.69, 9.17) is 34.8 Å². The first-order valence-corrected chi connectivity index (χ1v) is 5.61. The van der Waals surface area contributed by atoms with E-state index >= 15 is 0 Å². The molecule has 0 aliphatic heterocycles. The molecule has 0 bridgehead atoms. The highest BCUT2D eigenvalue weighted by molar-refractivity contribution is 6.42. The molecule has 4 nitrogen and oxygen atoms in total. The number of carbonyl (C=O) groups is 2. The van der Waals surface area contributed by atoms with Crippen molar-refractivity contribution in [1.29, 1.82) is 0 Å². The van der Waals surface area contributed by atoms with Crippen LogP contribution in [-0.2, 0) is 14.3 Å². The number of benzene rings is 1. The minimum atomic E-state index is -0.548. The molecule has 0 unspecified atom stereocenters. The minimum Gasteiger partial charge on any atom is -0.456 e. The lowest BCUT2D eigenvalue weighted by atomic mass is 10.3. The molecule has 7 heteroatoms. The summed E-state index contributed by atoms with van der Waals surface area (Å²) in [6.07, 6.45) is 0. The molecule has 0 aromatic heterocycles. The number of amides is 1. The van der Waals surface area contributed by atoms with Gasteiger partial charge in [0.2, 0.25) is 0 Å². The summed E-state index contributed by atoms with van der Waals surface area (Å²) < 4.78 is 4.52. The predicted octanol–water partition coefficient (Wildman–Crippen LogP) is 3.15. The van der Waals surface area contributed by atoms with E-state index in [9.17, 15) is 9.59 Å². The largest absolute Gasteiger partial charge is 0.456 e. The molecule has 1 aromatic carbocycles. The van der Waals surface area contributed by atoms with Crippen LogP contribution in [0.3, 0.4) is 0 Å². The Hall–Kier alpha value is -0.970. The Bertz CT molecular complexity index is 439. The fourth-order valence-electron chi connectivity index (χ4n) is 1.00. The monoisotopic (exact) mass is 295 g/mol. The van der Waals surface area contributed by atoms with Gasteiger partial charge < -0.3 is 10.1 Å². The van der Waals surface area contributed by atoms with Crippen LogP contribution in [0.4, 0.5) is 5.69 Å². The first-order chi connectivity index (χ1) is 7.90. The van der Waals surface area contributed by atoms with Crippen molar-refractivity contribution >= 4 is 52.4 Å². The summed E-state index contributed by atoms with van der Waals surface area (Å²) >= 11 is 17.4. The van der Waals surface area contributed by atoms with Crippen molar-refractivity contribution in [1.82, 2.24) is 0 Å². The second-order valence-corrected chi connectivity index (χ2v) is 4.32. The summed E-state index contributed by atoms with van der Waals surface area (Å²) in [6, 6.07) is 2.88. The number of anilines is 1. The first-order valence-electron chi connectivity index (χ1n) is 4.48. The third-order valence-corrected chi connectivity index (χ3v) is 2.49. The summed E-state index contributed by atoms with van der Waals surface area (Å²) in [5.74, 6) is -1.08. The molecule has 1 N–H and O–H groups in total. The SMILES string of the molecule is CC(=O)OCC(=O)Nc1c(Cl)cc(Cl)cc1Cl. The van der Waals surface area contributed by atoms with E-state index in [1.165, 1.54) is 19.1 Å². The molecule has 1 rings (SSSR count). The molecule has 0 saturated carbocycles. The van der Waals surface area contributed by atoms with E-state index in [1.807, 2.05) is 0 Å². The van der Waals surface area contributed by atoms with E-state index < -0.39 is 18.5 Å². The Morgan fingerprint density at radius 1 is 1.24 bits per heavy atom. The van der Waals surface area contributed by atoms with Gasteiger partial charge in [0.05, 0.1) is 15.7 Å². The van der Waals surface area contributed by atoms with Crippen molar-refractivity contribution in [3.05, 3.63) is 27.2 Å². The average Bonchev–Trinajstić information content (AvgIpc) is 2.20. The van der Waals surface area contributed by atoms with Gasteiger partial charge in [-0.1, -0.05) is 34.8 Å². The Balaban J connectivity index is 2.75. The number of esters is 1. The van der Waals surface area contributed by atoms with Gasteiger partial charge in [0.15, 0.2) is 6.61 Å². The van der Waals surface area contributed by atoms with Crippen molar-refractivity contribution in [2.24, 2.45) is 0 Å². The van der Waals surface area contributed by atoms with Crippen LogP contribution in [0.5, 0.6) is 0 Å². The summed E-state index contributed by atoms with van der Waals surface area (Å²) in [6.45, 7) is 0.806. The molecule has 0 fully saturated rings. The van der Waals surface area contributed by atoms with Gasteiger partial charge in [-0.3, -0.25) is 9.59 Å². The maximum absolute atomic E-state index is 11.4. The van der Waals surface area contributed by atoms with Gasteiger partial charge in [-0.05, 0) is 12.1 Å². The highest BCUT2D eigenvalue weighted by Crippen LogP contribution is 2.33. The molecule has 0 atom stereocenters. The summed E-state index contributed by atoms with van der Waals surface area (Å²) in [4.78, 5) is 21.9. The molecule has 0 aliphatic carbocycles. The fourth-order valence-corrected chi connectivity index (χ4v) is 1.92. The van der Waals surface area contributed by atoms with E-state index in [0.29, 0.717) is 5.02 Å². The van der Waals surface area contributed by atoms with Crippen LogP contribution in [0.15, 0.2) is 12.1 Å². The molecule has 1 amide bonds. The second kappa shape index (κ2) is 6.10. The Kier molecular flexibility index (Phi) is 5.05. The van der Waals surface area contributed by atoms with Crippen molar-refractivity contribution in [2.45, 2.75) is 6.92 Å². The van der Waals surface area contributed by atoms with Gasteiger partial charge in [0.1, 0.15) is 0 Å². The van der Waals surface area contributed by atoms with Crippen LogP contribution in [0, 0.1) is 0 Å². The van der Waals surface area contributed by atoms with Crippen LogP contribution in [0.1, 0.15) is 6.92 Å². The number of halogens is 3. The lowest BCUT2D eigenvalue weighted by Gasteiger charge is -2.09. The Morgan fingerprint density at radius 2 is 1.76 bits per heavy atom. The zero-order valence-corrected chi connectivity index (χ0v) is 11.0. The van der Waals surface area contributed by atoms with Crippen molar-refractivity contribution in [3.63, 3.8) is 0 Å². The van der Waals surface area contributed by atoms with Gasteiger partial charge in [0.25, 0.3) is 5.91 Å². The summed E-state index contributed by atoms with van der Waals surface area (Å²) in [7, 11) is 0. The van der Waals surface area contributed by atoms with Crippen LogP contribution < -0.4 is 5.32 Å². The molecule has 0 saturated heterocycles. The summed E-state index contributed by atoms with van der Waals surface area (Å²) in [5, 5.41) is 3.20. The molecule has 1 aromatic rings. The fraction of sp³-hybridized carbons (Fsp3) is 0.200. The highest BCUT2D eigenvalue weighted by Gasteiger charge is 2.11. The van der Waals surface area contributed by atoms with E-state index in [-0.39, 0.29) is 15.7 Å². The maximum atomic E-state index is 11.4. The average molecular weight is 297 g/mol. The minimum absolute atomic E-state index is 0.207. The van der Waals surface area contributed by atoms with E-state index in [2.05, 4.69) is 10.1 Å². The van der Waals surface area contributed by atoms with Crippen LogP contribution >= 0.6 is 34.8 Å². The molecule has 0 heterocycles. The van der Waals surface area contributed by atoms with Crippen molar-refractivity contribution < 1.29 is 14.3 Å². The number of ether oxygens (including phenoxy) is 1. The Labute approximate surface area is 113 Å². The molecule has 0 spiro atoms. The van der Waals surface area contributed by atoms with Crippen LogP contribution in [0.2, 0.25) is 15.1 Å². The number of rotatable bonds is 3. The number of nitrogens with one attached hydrogen (secondary N) is 1. The van der Waals surface area contributed by atoms with Gasteiger partial charge >= 0.3 is 5.97 Å². The maximum Gasteiger partial charge on any atom is 0.303 e. The lowest BCUT2D eigenvalue weighted by molar-refractivity contribution is -0.144. The standard InChI is InChI=1S/C10H8Cl3NO3/c1-5(15)17-4-9(16)14-10-7(12)2-6(11)3-8(10)13/h2-3H,4H2,1H3,(H,14,16).